The Morgan fingerprint density at radius 2 is 1.94 bits per heavy atom. The summed E-state index contributed by atoms with van der Waals surface area (Å²) < 4.78 is 24.9. The summed E-state index contributed by atoms with van der Waals surface area (Å²) in [6.45, 7) is 1.94. The Balaban J connectivity index is 1.53. The summed E-state index contributed by atoms with van der Waals surface area (Å²) in [6, 6.07) is 8.08. The molecule has 168 valence electrons. The van der Waals surface area contributed by atoms with E-state index in [0.717, 1.165) is 42.1 Å². The van der Waals surface area contributed by atoms with E-state index in [1.165, 1.54) is 25.6 Å². The lowest BCUT2D eigenvalue weighted by molar-refractivity contribution is 0.129. The van der Waals surface area contributed by atoms with Crippen molar-refractivity contribution in [2.24, 2.45) is 0 Å². The molecule has 1 saturated carbocycles. The third-order valence-electron chi connectivity index (χ3n) is 5.63. The molecule has 1 aliphatic rings. The zero-order valence-electron chi connectivity index (χ0n) is 18.0. The fraction of sp³-hybridized carbons (Fsp3) is 0.348. The van der Waals surface area contributed by atoms with Crippen molar-refractivity contribution in [2.45, 2.75) is 44.8 Å². The number of aromatic nitrogens is 2. The number of aryl methyl sites for hydroxylation is 1. The molecule has 3 aromatic rings. The molecular weight excluding hydrogens is 413 g/mol. The Morgan fingerprint density at radius 1 is 1.16 bits per heavy atom. The highest BCUT2D eigenvalue weighted by atomic mass is 19.1. The maximum atomic E-state index is 14.0. The molecule has 32 heavy (non-hydrogen) atoms. The normalized spacial score (nSPS) is 18.2. The van der Waals surface area contributed by atoms with E-state index < -0.39 is 6.09 Å². The van der Waals surface area contributed by atoms with E-state index in [1.807, 2.05) is 13.0 Å². The van der Waals surface area contributed by atoms with Crippen molar-refractivity contribution < 1.29 is 18.7 Å². The molecule has 1 heterocycles. The quantitative estimate of drug-likeness (QED) is 0.504. The van der Waals surface area contributed by atoms with Gasteiger partial charge in [0.15, 0.2) is 0 Å². The first kappa shape index (κ1) is 21.6. The highest BCUT2D eigenvalue weighted by molar-refractivity contribution is 5.95. The first-order chi connectivity index (χ1) is 15.4. The van der Waals surface area contributed by atoms with E-state index in [2.05, 4.69) is 25.3 Å². The maximum absolute atomic E-state index is 14.0. The Hall–Kier alpha value is -3.62. The number of nitrogens with zero attached hydrogens (tertiary/aromatic N) is 2. The number of benzene rings is 2. The van der Waals surface area contributed by atoms with Crippen molar-refractivity contribution in [1.29, 1.82) is 0 Å². The van der Waals surface area contributed by atoms with Crippen LogP contribution in [0.4, 0.5) is 26.4 Å². The minimum atomic E-state index is -0.430. The van der Waals surface area contributed by atoms with Crippen LogP contribution in [-0.4, -0.2) is 35.3 Å². The van der Waals surface area contributed by atoms with Crippen molar-refractivity contribution in [3.05, 3.63) is 48.0 Å². The second-order valence-corrected chi connectivity index (χ2v) is 7.95. The van der Waals surface area contributed by atoms with Crippen LogP contribution in [0.3, 0.4) is 0 Å². The number of carbonyl (C=O) groups is 1. The van der Waals surface area contributed by atoms with Gasteiger partial charge in [-0.1, -0.05) is 0 Å². The van der Waals surface area contributed by atoms with Gasteiger partial charge in [-0.05, 0) is 62.4 Å². The maximum Gasteiger partial charge on any atom is 0.407 e. The predicted octanol–water partition coefficient (Wildman–Crippen LogP) is 4.45. The zero-order chi connectivity index (χ0) is 22.7. The number of nitrogens with two attached hydrogens (primary N) is 1. The molecule has 4 N–H and O–H groups in total. The van der Waals surface area contributed by atoms with E-state index in [-0.39, 0.29) is 18.0 Å². The predicted molar refractivity (Wildman–Crippen MR) is 121 cm³/mol. The average Bonchev–Trinajstić information content (AvgIpc) is 2.76. The molecule has 9 heteroatoms. The minimum Gasteiger partial charge on any atom is -0.488 e. The first-order valence-electron chi connectivity index (χ1n) is 10.5. The van der Waals surface area contributed by atoms with Crippen molar-refractivity contribution in [3.8, 4) is 5.75 Å². The van der Waals surface area contributed by atoms with Gasteiger partial charge in [0.2, 0.25) is 0 Å². The Bertz CT molecular complexity index is 1130. The van der Waals surface area contributed by atoms with Gasteiger partial charge in [0.05, 0.1) is 24.4 Å². The Labute approximate surface area is 185 Å². The topological polar surface area (TPSA) is 111 Å². The number of ether oxygens (including phenoxy) is 2. The fourth-order valence-electron chi connectivity index (χ4n) is 4.07. The number of halogens is 1. The molecule has 0 spiro atoms. The third kappa shape index (κ3) is 4.82. The van der Waals surface area contributed by atoms with E-state index >= 15 is 0 Å². The number of carbonyl (C=O) groups excluding carboxylic acids is 1. The van der Waals surface area contributed by atoms with E-state index in [4.69, 9.17) is 10.5 Å². The summed E-state index contributed by atoms with van der Waals surface area (Å²) in [5.41, 5.74) is 8.84. The summed E-state index contributed by atoms with van der Waals surface area (Å²) >= 11 is 0. The molecule has 1 amide bonds. The van der Waals surface area contributed by atoms with Gasteiger partial charge >= 0.3 is 6.09 Å². The number of hydrogen-bond donors (Lipinski definition) is 3. The number of hydrogen-bond acceptors (Lipinski definition) is 7. The molecule has 4 rings (SSSR count). The van der Waals surface area contributed by atoms with Crippen molar-refractivity contribution in [3.63, 3.8) is 0 Å². The number of rotatable bonds is 5. The van der Waals surface area contributed by atoms with Crippen molar-refractivity contribution >= 4 is 34.2 Å². The van der Waals surface area contributed by atoms with Crippen LogP contribution in [0, 0.1) is 12.7 Å². The van der Waals surface area contributed by atoms with Gasteiger partial charge in [0.25, 0.3) is 0 Å². The Morgan fingerprint density at radius 3 is 2.69 bits per heavy atom. The van der Waals surface area contributed by atoms with Gasteiger partial charge in [-0.3, -0.25) is 0 Å². The van der Waals surface area contributed by atoms with Gasteiger partial charge in [0, 0.05) is 23.2 Å². The summed E-state index contributed by atoms with van der Waals surface area (Å²) in [5, 5.41) is 6.94. The number of amides is 1. The van der Waals surface area contributed by atoms with Crippen LogP contribution >= 0.6 is 0 Å². The fourth-order valence-corrected chi connectivity index (χ4v) is 4.07. The summed E-state index contributed by atoms with van der Waals surface area (Å²) in [6.07, 6.45) is 3.93. The van der Waals surface area contributed by atoms with E-state index in [9.17, 15) is 9.18 Å². The van der Waals surface area contributed by atoms with Crippen LogP contribution in [0.2, 0.25) is 0 Å². The molecule has 0 radical (unpaired) electrons. The smallest absolute Gasteiger partial charge is 0.407 e. The second kappa shape index (κ2) is 9.25. The van der Waals surface area contributed by atoms with Crippen molar-refractivity contribution in [1.82, 2.24) is 15.3 Å². The average molecular weight is 439 g/mol. The largest absolute Gasteiger partial charge is 0.488 e. The van der Waals surface area contributed by atoms with E-state index in [0.29, 0.717) is 22.9 Å². The number of nitrogens with one attached hydrogen (secondary N) is 2. The molecule has 0 unspecified atom stereocenters. The number of nitrogen functional groups attached to an aromatic ring is 1. The Kier molecular flexibility index (Phi) is 6.25. The molecule has 0 atom stereocenters. The second-order valence-electron chi connectivity index (χ2n) is 7.95. The standard InChI is InChI=1S/C23H26FN5O3/c1-13-9-15(25)11-19-21(13)22(27-12-26-19)29-18-8-3-14(24)10-20(18)32-17-6-4-16(5-7-17)28-23(30)31-2/h3,8-12,16-17H,4-7,25H2,1-2H3,(H,28,30)(H,26,27,29). The number of fused-ring (bicyclic) bond motifs is 1. The lowest BCUT2D eigenvalue weighted by Gasteiger charge is -2.29. The SMILES string of the molecule is COC(=O)NC1CCC(Oc2cc(F)ccc2Nc2ncnc3cc(N)cc(C)c23)CC1. The number of anilines is 3. The molecule has 2 aromatic carbocycles. The van der Waals surface area contributed by atoms with Gasteiger partial charge in [-0.15, -0.1) is 0 Å². The molecular formula is C23H26FN5O3. The van der Waals surface area contributed by atoms with Crippen LogP contribution < -0.4 is 21.1 Å². The highest BCUT2D eigenvalue weighted by Crippen LogP contribution is 2.34. The van der Waals surface area contributed by atoms with Crippen LogP contribution in [0.25, 0.3) is 10.9 Å². The number of alkyl carbamates (subject to hydrolysis) is 1. The molecule has 8 nitrogen and oxygen atoms in total. The summed E-state index contributed by atoms with van der Waals surface area (Å²) in [4.78, 5) is 20.1. The first-order valence-corrected chi connectivity index (χ1v) is 10.5. The number of methoxy groups -OCH3 is 1. The van der Waals surface area contributed by atoms with Gasteiger partial charge in [-0.2, -0.15) is 0 Å². The molecule has 0 aliphatic heterocycles. The highest BCUT2D eigenvalue weighted by Gasteiger charge is 2.25. The molecule has 1 aliphatic carbocycles. The van der Waals surface area contributed by atoms with Gasteiger partial charge < -0.3 is 25.8 Å². The van der Waals surface area contributed by atoms with Crippen LogP contribution in [0.5, 0.6) is 5.75 Å². The minimum absolute atomic E-state index is 0.0511. The van der Waals surface area contributed by atoms with Gasteiger partial charge in [0.1, 0.15) is 23.7 Å². The third-order valence-corrected chi connectivity index (χ3v) is 5.63. The molecule has 0 bridgehead atoms. The van der Waals surface area contributed by atoms with Crippen LogP contribution in [0.15, 0.2) is 36.7 Å². The molecule has 1 fully saturated rings. The van der Waals surface area contributed by atoms with E-state index in [1.54, 1.807) is 12.1 Å². The summed E-state index contributed by atoms with van der Waals surface area (Å²) in [7, 11) is 1.35. The van der Waals surface area contributed by atoms with Crippen molar-refractivity contribution in [2.75, 3.05) is 18.2 Å². The van der Waals surface area contributed by atoms with Gasteiger partial charge in [-0.25, -0.2) is 19.2 Å². The van der Waals surface area contributed by atoms with Crippen LogP contribution in [0.1, 0.15) is 31.2 Å². The molecule has 1 aromatic heterocycles. The molecule has 0 saturated heterocycles. The summed E-state index contributed by atoms with van der Waals surface area (Å²) in [5.74, 6) is 0.618. The lowest BCUT2D eigenvalue weighted by Crippen LogP contribution is -2.39. The monoisotopic (exact) mass is 439 g/mol. The zero-order valence-corrected chi connectivity index (χ0v) is 18.0. The van der Waals surface area contributed by atoms with Crippen LogP contribution in [-0.2, 0) is 4.74 Å². The lowest BCUT2D eigenvalue weighted by atomic mass is 9.93.